The predicted molar refractivity (Wildman–Crippen MR) is 70.0 cm³/mol. The van der Waals surface area contributed by atoms with Crippen LogP contribution in [0.5, 0.6) is 0 Å². The van der Waals surface area contributed by atoms with Crippen molar-refractivity contribution in [3.63, 3.8) is 0 Å². The third-order valence-electron chi connectivity index (χ3n) is 3.32. The van der Waals surface area contributed by atoms with E-state index in [2.05, 4.69) is 40.8 Å². The first-order chi connectivity index (χ1) is 8.65. The van der Waals surface area contributed by atoms with E-state index in [0.717, 1.165) is 17.2 Å². The molecule has 1 N–H and O–H groups in total. The molecule has 0 radical (unpaired) electrons. The van der Waals surface area contributed by atoms with Crippen molar-refractivity contribution in [1.82, 2.24) is 9.55 Å². The number of carbonyl (C=O) groups is 1. The maximum absolute atomic E-state index is 11.3. The molecule has 0 aliphatic carbocycles. The van der Waals surface area contributed by atoms with Crippen LogP contribution in [0.25, 0.3) is 5.82 Å². The predicted octanol–water partition coefficient (Wildman–Crippen LogP) is 2.37. The van der Waals surface area contributed by atoms with Crippen molar-refractivity contribution in [2.75, 3.05) is 5.32 Å². The summed E-state index contributed by atoms with van der Waals surface area (Å²) in [4.78, 5) is 16.0. The number of carbonyl (C=O) groups excluding carboxylic acids is 1. The van der Waals surface area contributed by atoms with Crippen LogP contribution < -0.4 is 5.32 Å². The summed E-state index contributed by atoms with van der Waals surface area (Å²) in [7, 11) is 0. The van der Waals surface area contributed by atoms with E-state index < -0.39 is 0 Å². The van der Waals surface area contributed by atoms with E-state index in [1.807, 2.05) is 12.1 Å². The van der Waals surface area contributed by atoms with Gasteiger partial charge in [0.25, 0.3) is 0 Å². The number of aryl methyl sites for hydroxylation is 3. The zero-order valence-corrected chi connectivity index (χ0v) is 10.5. The van der Waals surface area contributed by atoms with Gasteiger partial charge < -0.3 is 9.88 Å². The van der Waals surface area contributed by atoms with Crippen LogP contribution in [0.15, 0.2) is 24.3 Å². The van der Waals surface area contributed by atoms with Crippen LogP contribution in [-0.4, -0.2) is 15.5 Å². The molecule has 0 bridgehead atoms. The molecule has 0 aromatic carbocycles. The molecular formula is C14H15N3O. The van der Waals surface area contributed by atoms with Crippen molar-refractivity contribution in [3.8, 4) is 5.82 Å². The van der Waals surface area contributed by atoms with Crippen LogP contribution in [-0.2, 0) is 11.2 Å². The molecule has 0 fully saturated rings. The Balaban J connectivity index is 2.08. The highest BCUT2D eigenvalue weighted by Gasteiger charge is 2.17. The average molecular weight is 241 g/mol. The highest BCUT2D eigenvalue weighted by atomic mass is 16.1. The Morgan fingerprint density at radius 3 is 2.56 bits per heavy atom. The maximum atomic E-state index is 11.3. The van der Waals surface area contributed by atoms with Gasteiger partial charge >= 0.3 is 0 Å². The molecule has 3 heterocycles. The van der Waals surface area contributed by atoms with Crippen LogP contribution in [0, 0.1) is 13.8 Å². The van der Waals surface area contributed by atoms with Crippen molar-refractivity contribution in [3.05, 3.63) is 41.3 Å². The second-order valence-electron chi connectivity index (χ2n) is 4.66. The fraction of sp³-hybridized carbons (Fsp3) is 0.286. The molecule has 2 aromatic rings. The monoisotopic (exact) mass is 241 g/mol. The SMILES string of the molecule is Cc1ccc(C)n1-c1ccc2c(n1)CCC(=O)N2. The van der Waals surface area contributed by atoms with Gasteiger partial charge in [-0.25, -0.2) is 4.98 Å². The lowest BCUT2D eigenvalue weighted by atomic mass is 10.1. The minimum Gasteiger partial charge on any atom is -0.324 e. The number of rotatable bonds is 1. The number of aromatic nitrogens is 2. The number of amides is 1. The highest BCUT2D eigenvalue weighted by Crippen LogP contribution is 2.23. The molecule has 4 nitrogen and oxygen atoms in total. The van der Waals surface area contributed by atoms with Gasteiger partial charge in [-0.3, -0.25) is 4.79 Å². The molecule has 1 amide bonds. The topological polar surface area (TPSA) is 46.9 Å². The van der Waals surface area contributed by atoms with E-state index in [4.69, 9.17) is 0 Å². The van der Waals surface area contributed by atoms with Gasteiger partial charge in [0.05, 0.1) is 11.4 Å². The quantitative estimate of drug-likeness (QED) is 0.833. The van der Waals surface area contributed by atoms with E-state index in [9.17, 15) is 4.79 Å². The van der Waals surface area contributed by atoms with Crippen molar-refractivity contribution >= 4 is 11.6 Å². The molecule has 18 heavy (non-hydrogen) atoms. The molecule has 0 saturated heterocycles. The minimum absolute atomic E-state index is 0.0744. The van der Waals surface area contributed by atoms with E-state index in [1.165, 1.54) is 11.4 Å². The van der Waals surface area contributed by atoms with Gasteiger partial charge in [-0.1, -0.05) is 0 Å². The van der Waals surface area contributed by atoms with Crippen LogP contribution in [0.2, 0.25) is 0 Å². The summed E-state index contributed by atoms with van der Waals surface area (Å²) >= 11 is 0. The van der Waals surface area contributed by atoms with Crippen LogP contribution in [0.1, 0.15) is 23.5 Å². The van der Waals surface area contributed by atoms with E-state index in [0.29, 0.717) is 12.8 Å². The third-order valence-corrected chi connectivity index (χ3v) is 3.32. The van der Waals surface area contributed by atoms with Gasteiger partial charge in [0.1, 0.15) is 5.82 Å². The van der Waals surface area contributed by atoms with Crippen LogP contribution >= 0.6 is 0 Å². The number of nitrogens with zero attached hydrogens (tertiary/aromatic N) is 2. The number of hydrogen-bond acceptors (Lipinski definition) is 2. The van der Waals surface area contributed by atoms with Gasteiger partial charge in [-0.05, 0) is 38.1 Å². The number of nitrogens with one attached hydrogen (secondary N) is 1. The zero-order chi connectivity index (χ0) is 12.7. The van der Waals surface area contributed by atoms with Crippen molar-refractivity contribution in [1.29, 1.82) is 0 Å². The Morgan fingerprint density at radius 2 is 1.83 bits per heavy atom. The normalized spacial score (nSPS) is 14.2. The summed E-state index contributed by atoms with van der Waals surface area (Å²) in [5.74, 6) is 0.996. The molecule has 0 unspecified atom stereocenters. The summed E-state index contributed by atoms with van der Waals surface area (Å²) in [6.07, 6.45) is 1.24. The molecule has 4 heteroatoms. The largest absolute Gasteiger partial charge is 0.324 e. The van der Waals surface area contributed by atoms with E-state index in [-0.39, 0.29) is 5.91 Å². The van der Waals surface area contributed by atoms with E-state index in [1.54, 1.807) is 0 Å². The van der Waals surface area contributed by atoms with Gasteiger partial charge in [0.15, 0.2) is 0 Å². The lowest BCUT2D eigenvalue weighted by Gasteiger charge is -2.17. The fourth-order valence-electron chi connectivity index (χ4n) is 2.39. The smallest absolute Gasteiger partial charge is 0.224 e. The van der Waals surface area contributed by atoms with Gasteiger partial charge in [-0.15, -0.1) is 0 Å². The summed E-state index contributed by atoms with van der Waals surface area (Å²) in [6.45, 7) is 4.13. The summed E-state index contributed by atoms with van der Waals surface area (Å²) < 4.78 is 2.12. The summed E-state index contributed by atoms with van der Waals surface area (Å²) in [5.41, 5.74) is 4.15. The molecule has 0 saturated carbocycles. The zero-order valence-electron chi connectivity index (χ0n) is 10.5. The van der Waals surface area contributed by atoms with Crippen molar-refractivity contribution < 1.29 is 4.79 Å². The lowest BCUT2D eigenvalue weighted by molar-refractivity contribution is -0.116. The fourth-order valence-corrected chi connectivity index (χ4v) is 2.39. The van der Waals surface area contributed by atoms with Crippen LogP contribution in [0.3, 0.4) is 0 Å². The number of fused-ring (bicyclic) bond motifs is 1. The Kier molecular flexibility index (Phi) is 2.44. The second-order valence-corrected chi connectivity index (χ2v) is 4.66. The first-order valence-corrected chi connectivity index (χ1v) is 6.10. The molecule has 0 atom stereocenters. The summed E-state index contributed by atoms with van der Waals surface area (Å²) in [5, 5.41) is 2.85. The third kappa shape index (κ3) is 1.70. The Morgan fingerprint density at radius 1 is 1.11 bits per heavy atom. The maximum Gasteiger partial charge on any atom is 0.224 e. The number of anilines is 1. The first kappa shape index (κ1) is 11.0. The molecule has 1 aliphatic heterocycles. The molecular weight excluding hydrogens is 226 g/mol. The molecule has 2 aromatic heterocycles. The van der Waals surface area contributed by atoms with E-state index >= 15 is 0 Å². The molecule has 1 aliphatic rings. The van der Waals surface area contributed by atoms with Gasteiger partial charge in [0, 0.05) is 24.2 Å². The second kappa shape index (κ2) is 3.98. The minimum atomic E-state index is 0.0744. The standard InChI is InChI=1S/C14H15N3O/c1-9-3-4-10(2)17(9)13-7-5-12-11(15-13)6-8-14(18)16-12/h3-5,7H,6,8H2,1-2H3,(H,16,18). The lowest BCUT2D eigenvalue weighted by Crippen LogP contribution is -2.20. The van der Waals surface area contributed by atoms with Crippen LogP contribution in [0.4, 0.5) is 5.69 Å². The first-order valence-electron chi connectivity index (χ1n) is 6.10. The molecule has 92 valence electrons. The molecule has 3 rings (SSSR count). The Hall–Kier alpha value is -2.10. The average Bonchev–Trinajstić information content (AvgIpc) is 2.69. The highest BCUT2D eigenvalue weighted by molar-refractivity contribution is 5.93. The molecule has 0 spiro atoms. The van der Waals surface area contributed by atoms with Crippen molar-refractivity contribution in [2.24, 2.45) is 0 Å². The number of hydrogen-bond donors (Lipinski definition) is 1. The Labute approximate surface area is 106 Å². The van der Waals surface area contributed by atoms with Crippen molar-refractivity contribution in [2.45, 2.75) is 26.7 Å². The number of pyridine rings is 1. The van der Waals surface area contributed by atoms with Gasteiger partial charge in [0.2, 0.25) is 5.91 Å². The summed E-state index contributed by atoms with van der Waals surface area (Å²) in [6, 6.07) is 8.05. The van der Waals surface area contributed by atoms with Gasteiger partial charge in [-0.2, -0.15) is 0 Å². The Bertz CT molecular complexity index is 608.